The number of aromatic nitrogens is 4. The number of nitrogens with zero attached hydrogens (tertiary/aromatic N) is 3. The van der Waals surface area contributed by atoms with E-state index < -0.39 is 0 Å². The predicted octanol–water partition coefficient (Wildman–Crippen LogP) is 2.90. The number of anilines is 3. The lowest BCUT2D eigenvalue weighted by Crippen LogP contribution is -2.01. The molecule has 0 saturated carbocycles. The van der Waals surface area contributed by atoms with Gasteiger partial charge in [-0.1, -0.05) is 15.9 Å². The summed E-state index contributed by atoms with van der Waals surface area (Å²) in [4.78, 5) is 15.8. The van der Waals surface area contributed by atoms with Crippen molar-refractivity contribution in [2.75, 3.05) is 17.7 Å². The zero-order chi connectivity index (χ0) is 13.2. The highest BCUT2D eigenvalue weighted by atomic mass is 79.9. The topological polar surface area (TPSA) is 78.5 Å². The van der Waals surface area contributed by atoms with E-state index in [-0.39, 0.29) is 0 Å². The Morgan fingerprint density at radius 3 is 2.68 bits per heavy atom. The van der Waals surface area contributed by atoms with Crippen LogP contribution in [0.1, 0.15) is 0 Å². The SMILES string of the molecule is CNc1nc(Nc2ccc(Br)cc2)c2[nH]cnc2n1. The van der Waals surface area contributed by atoms with Crippen LogP contribution in [0.4, 0.5) is 17.5 Å². The lowest BCUT2D eigenvalue weighted by Gasteiger charge is -2.08. The molecular formula is C12H11BrN6. The molecule has 0 amide bonds. The summed E-state index contributed by atoms with van der Waals surface area (Å²) in [7, 11) is 1.78. The van der Waals surface area contributed by atoms with Crippen LogP contribution in [-0.2, 0) is 0 Å². The van der Waals surface area contributed by atoms with Crippen molar-refractivity contribution in [3.8, 4) is 0 Å². The molecule has 19 heavy (non-hydrogen) atoms. The van der Waals surface area contributed by atoms with Crippen LogP contribution >= 0.6 is 15.9 Å². The van der Waals surface area contributed by atoms with Gasteiger partial charge in [-0.25, -0.2) is 4.98 Å². The molecule has 0 fully saturated rings. The van der Waals surface area contributed by atoms with Crippen LogP contribution in [-0.4, -0.2) is 27.0 Å². The first kappa shape index (κ1) is 11.9. The molecular weight excluding hydrogens is 308 g/mol. The van der Waals surface area contributed by atoms with Crippen molar-refractivity contribution in [3.63, 3.8) is 0 Å². The summed E-state index contributed by atoms with van der Waals surface area (Å²) < 4.78 is 1.03. The molecule has 0 saturated heterocycles. The van der Waals surface area contributed by atoms with Crippen LogP contribution < -0.4 is 10.6 Å². The van der Waals surface area contributed by atoms with Gasteiger partial charge in [-0.05, 0) is 24.3 Å². The summed E-state index contributed by atoms with van der Waals surface area (Å²) in [6.45, 7) is 0. The molecule has 7 heteroatoms. The lowest BCUT2D eigenvalue weighted by molar-refractivity contribution is 1.18. The highest BCUT2D eigenvalue weighted by molar-refractivity contribution is 9.10. The Morgan fingerprint density at radius 1 is 1.16 bits per heavy atom. The minimum atomic E-state index is 0.527. The summed E-state index contributed by atoms with van der Waals surface area (Å²) in [5.41, 5.74) is 2.35. The van der Waals surface area contributed by atoms with Gasteiger partial charge in [0, 0.05) is 17.2 Å². The van der Waals surface area contributed by atoms with E-state index in [1.54, 1.807) is 13.4 Å². The number of H-pyrrole nitrogens is 1. The van der Waals surface area contributed by atoms with E-state index in [0.29, 0.717) is 17.4 Å². The first-order valence-electron chi connectivity index (χ1n) is 5.68. The second kappa shape index (κ2) is 4.85. The van der Waals surface area contributed by atoms with Gasteiger partial charge in [-0.3, -0.25) is 0 Å². The summed E-state index contributed by atoms with van der Waals surface area (Å²) in [5, 5.41) is 6.17. The van der Waals surface area contributed by atoms with E-state index in [0.717, 1.165) is 15.7 Å². The number of hydrogen-bond donors (Lipinski definition) is 3. The lowest BCUT2D eigenvalue weighted by atomic mass is 10.3. The Morgan fingerprint density at radius 2 is 1.95 bits per heavy atom. The molecule has 96 valence electrons. The summed E-state index contributed by atoms with van der Waals surface area (Å²) in [5.74, 6) is 1.22. The molecule has 2 aromatic heterocycles. The minimum Gasteiger partial charge on any atom is -0.357 e. The number of rotatable bonds is 3. The van der Waals surface area contributed by atoms with Gasteiger partial charge in [0.15, 0.2) is 11.5 Å². The molecule has 0 aliphatic rings. The molecule has 0 spiro atoms. The zero-order valence-corrected chi connectivity index (χ0v) is 11.7. The number of imidazole rings is 1. The van der Waals surface area contributed by atoms with E-state index in [4.69, 9.17) is 0 Å². The smallest absolute Gasteiger partial charge is 0.226 e. The van der Waals surface area contributed by atoms with Crippen LogP contribution in [0.25, 0.3) is 11.2 Å². The third-order valence-corrected chi connectivity index (χ3v) is 3.14. The van der Waals surface area contributed by atoms with Crippen molar-refractivity contribution in [1.82, 2.24) is 19.9 Å². The molecule has 3 N–H and O–H groups in total. The van der Waals surface area contributed by atoms with Crippen LogP contribution in [0, 0.1) is 0 Å². The van der Waals surface area contributed by atoms with Gasteiger partial charge < -0.3 is 15.6 Å². The van der Waals surface area contributed by atoms with Crippen molar-refractivity contribution in [2.45, 2.75) is 0 Å². The Balaban J connectivity index is 2.03. The largest absolute Gasteiger partial charge is 0.357 e. The van der Waals surface area contributed by atoms with Gasteiger partial charge in [0.2, 0.25) is 5.95 Å². The van der Waals surface area contributed by atoms with Gasteiger partial charge in [0.1, 0.15) is 5.52 Å². The van der Waals surface area contributed by atoms with Gasteiger partial charge >= 0.3 is 0 Å². The van der Waals surface area contributed by atoms with Gasteiger partial charge in [0.25, 0.3) is 0 Å². The van der Waals surface area contributed by atoms with Crippen molar-refractivity contribution in [2.24, 2.45) is 0 Å². The number of halogens is 1. The van der Waals surface area contributed by atoms with Crippen LogP contribution in [0.2, 0.25) is 0 Å². The molecule has 0 radical (unpaired) electrons. The molecule has 3 aromatic rings. The molecule has 0 aliphatic heterocycles. The molecule has 0 atom stereocenters. The maximum Gasteiger partial charge on any atom is 0.226 e. The monoisotopic (exact) mass is 318 g/mol. The molecule has 0 unspecified atom stereocenters. The number of nitrogens with one attached hydrogen (secondary N) is 3. The Bertz CT molecular complexity index is 706. The van der Waals surface area contributed by atoms with E-state index in [9.17, 15) is 0 Å². The fourth-order valence-corrected chi connectivity index (χ4v) is 1.97. The van der Waals surface area contributed by atoms with Crippen LogP contribution in [0.3, 0.4) is 0 Å². The van der Waals surface area contributed by atoms with Gasteiger partial charge in [-0.2, -0.15) is 9.97 Å². The second-order valence-corrected chi connectivity index (χ2v) is 4.79. The molecule has 6 nitrogen and oxygen atoms in total. The minimum absolute atomic E-state index is 0.527. The van der Waals surface area contributed by atoms with Crippen molar-refractivity contribution >= 4 is 44.5 Å². The maximum absolute atomic E-state index is 4.39. The molecule has 3 rings (SSSR count). The summed E-state index contributed by atoms with van der Waals surface area (Å²) in [6.07, 6.45) is 1.60. The number of benzene rings is 1. The maximum atomic E-state index is 4.39. The van der Waals surface area contributed by atoms with Crippen molar-refractivity contribution in [3.05, 3.63) is 35.1 Å². The zero-order valence-electron chi connectivity index (χ0n) is 10.1. The first-order valence-corrected chi connectivity index (χ1v) is 6.47. The van der Waals surface area contributed by atoms with Crippen LogP contribution in [0.15, 0.2) is 35.1 Å². The predicted molar refractivity (Wildman–Crippen MR) is 78.7 cm³/mol. The summed E-state index contributed by atoms with van der Waals surface area (Å²) in [6, 6.07) is 7.86. The van der Waals surface area contributed by atoms with Crippen molar-refractivity contribution < 1.29 is 0 Å². The summed E-state index contributed by atoms with van der Waals surface area (Å²) >= 11 is 3.41. The Hall–Kier alpha value is -2.15. The fraction of sp³-hybridized carbons (Fsp3) is 0.0833. The number of hydrogen-bond acceptors (Lipinski definition) is 5. The van der Waals surface area contributed by atoms with E-state index in [1.807, 2.05) is 24.3 Å². The van der Waals surface area contributed by atoms with E-state index in [1.165, 1.54) is 0 Å². The van der Waals surface area contributed by atoms with Crippen LogP contribution in [0.5, 0.6) is 0 Å². The normalized spacial score (nSPS) is 10.6. The highest BCUT2D eigenvalue weighted by Gasteiger charge is 2.09. The molecule has 2 heterocycles. The Kier molecular flexibility index (Phi) is 3.04. The van der Waals surface area contributed by atoms with Gasteiger partial charge in [-0.15, -0.1) is 0 Å². The molecule has 0 aliphatic carbocycles. The second-order valence-electron chi connectivity index (χ2n) is 3.88. The number of fused-ring (bicyclic) bond motifs is 1. The number of aromatic amines is 1. The Labute approximate surface area is 117 Å². The molecule has 1 aromatic carbocycles. The third kappa shape index (κ3) is 2.37. The third-order valence-electron chi connectivity index (χ3n) is 2.62. The van der Waals surface area contributed by atoms with Crippen molar-refractivity contribution in [1.29, 1.82) is 0 Å². The van der Waals surface area contributed by atoms with E-state index in [2.05, 4.69) is 46.5 Å². The highest BCUT2D eigenvalue weighted by Crippen LogP contribution is 2.23. The molecule has 0 bridgehead atoms. The first-order chi connectivity index (χ1) is 9.26. The quantitative estimate of drug-likeness (QED) is 0.692. The average Bonchev–Trinajstić information content (AvgIpc) is 2.89. The van der Waals surface area contributed by atoms with E-state index >= 15 is 0 Å². The average molecular weight is 319 g/mol. The van der Waals surface area contributed by atoms with Gasteiger partial charge in [0.05, 0.1) is 6.33 Å². The fourth-order valence-electron chi connectivity index (χ4n) is 1.71. The standard InChI is InChI=1S/C12H11BrN6/c1-14-12-18-10-9(15-6-16-10)11(19-12)17-8-4-2-7(13)3-5-8/h2-6H,1H3,(H3,14,15,16,17,18,19).